The summed E-state index contributed by atoms with van der Waals surface area (Å²) in [6.07, 6.45) is 1.09. The highest BCUT2D eigenvalue weighted by atomic mass is 14.9. The van der Waals surface area contributed by atoms with Gasteiger partial charge in [-0.15, -0.1) is 0 Å². The van der Waals surface area contributed by atoms with Crippen LogP contribution in [0.15, 0.2) is 60.7 Å². The van der Waals surface area contributed by atoms with Crippen LogP contribution in [0.5, 0.6) is 0 Å². The van der Waals surface area contributed by atoms with Crippen LogP contribution >= 0.6 is 0 Å². The Morgan fingerprint density at radius 3 is 2.04 bits per heavy atom. The van der Waals surface area contributed by atoms with Gasteiger partial charge in [0, 0.05) is 21.5 Å². The maximum absolute atomic E-state index is 2.46. The Morgan fingerprint density at radius 1 is 0.708 bits per heavy atom. The Kier molecular flexibility index (Phi) is 2.60. The molecule has 5 aromatic rings. The zero-order valence-corrected chi connectivity index (χ0v) is 14.4. The highest BCUT2D eigenvalue weighted by Crippen LogP contribution is 2.41. The first-order valence-electron chi connectivity index (χ1n) is 8.69. The van der Waals surface area contributed by atoms with E-state index in [0.29, 0.717) is 0 Å². The molecule has 0 aliphatic carbocycles. The number of benzene rings is 3. The molecule has 0 bridgehead atoms. The summed E-state index contributed by atoms with van der Waals surface area (Å²) < 4.78 is 2.46. The third kappa shape index (κ3) is 1.76. The molecule has 1 heteroatoms. The summed E-state index contributed by atoms with van der Waals surface area (Å²) in [5, 5.41) is 5.54. The molecule has 0 saturated carbocycles. The van der Waals surface area contributed by atoms with Crippen LogP contribution in [0.2, 0.25) is 0 Å². The molecule has 24 heavy (non-hydrogen) atoms. The van der Waals surface area contributed by atoms with Crippen LogP contribution in [0.3, 0.4) is 0 Å². The Hall–Kier alpha value is -2.54. The molecular weight excluding hydrogens is 290 g/mol. The van der Waals surface area contributed by atoms with Crippen molar-refractivity contribution in [2.45, 2.75) is 27.2 Å². The Balaban J connectivity index is 2.07. The molecule has 0 atom stereocenters. The summed E-state index contributed by atoms with van der Waals surface area (Å²) in [4.78, 5) is 0. The lowest BCUT2D eigenvalue weighted by Crippen LogP contribution is -2.09. The summed E-state index contributed by atoms with van der Waals surface area (Å²) in [7, 11) is 0. The Bertz CT molecular complexity index is 1200. The van der Waals surface area contributed by atoms with Crippen molar-refractivity contribution in [1.82, 2.24) is 4.40 Å². The van der Waals surface area contributed by atoms with E-state index in [2.05, 4.69) is 85.8 Å². The van der Waals surface area contributed by atoms with Crippen LogP contribution < -0.4 is 0 Å². The van der Waals surface area contributed by atoms with Gasteiger partial charge in [0.2, 0.25) is 0 Å². The Morgan fingerprint density at radius 2 is 1.33 bits per heavy atom. The second kappa shape index (κ2) is 4.51. The van der Waals surface area contributed by atoms with Crippen molar-refractivity contribution >= 4 is 38.1 Å². The van der Waals surface area contributed by atoms with Gasteiger partial charge in [-0.1, -0.05) is 69.3 Å². The molecule has 0 radical (unpaired) electrons. The average molecular weight is 311 g/mol. The molecule has 0 spiro atoms. The number of rotatable bonds is 1. The van der Waals surface area contributed by atoms with Crippen LogP contribution in [0.25, 0.3) is 38.1 Å². The lowest BCUT2D eigenvalue weighted by atomic mass is 9.86. The number of hydrogen-bond donors (Lipinski definition) is 0. The summed E-state index contributed by atoms with van der Waals surface area (Å²) in [6, 6.07) is 22.3. The van der Waals surface area contributed by atoms with Gasteiger partial charge in [0.15, 0.2) is 0 Å². The molecule has 0 fully saturated rings. The van der Waals surface area contributed by atoms with E-state index in [1.807, 2.05) is 0 Å². The maximum atomic E-state index is 2.46. The molecule has 0 N–H and O–H groups in total. The minimum absolute atomic E-state index is 0.276. The lowest BCUT2D eigenvalue weighted by Gasteiger charge is -2.19. The highest BCUT2D eigenvalue weighted by Gasteiger charge is 2.21. The first-order valence-corrected chi connectivity index (χ1v) is 8.69. The number of hydrogen-bond acceptors (Lipinski definition) is 0. The van der Waals surface area contributed by atoms with E-state index in [1.54, 1.807) is 0 Å². The molecule has 118 valence electrons. The second-order valence-corrected chi connectivity index (χ2v) is 8.10. The molecule has 0 aliphatic rings. The van der Waals surface area contributed by atoms with Crippen molar-refractivity contribution in [2.75, 3.05) is 0 Å². The predicted octanol–water partition coefficient (Wildman–Crippen LogP) is 6.43. The maximum Gasteiger partial charge on any atom is 0.0623 e. The fraction of sp³-hybridized carbons (Fsp3) is 0.217. The lowest BCUT2D eigenvalue weighted by molar-refractivity contribution is 0.413. The first kappa shape index (κ1) is 13.9. The van der Waals surface area contributed by atoms with Crippen molar-refractivity contribution in [1.29, 1.82) is 0 Å². The van der Waals surface area contributed by atoms with Gasteiger partial charge in [0.25, 0.3) is 0 Å². The van der Waals surface area contributed by atoms with Crippen LogP contribution in [0.4, 0.5) is 0 Å². The molecule has 0 aliphatic heterocycles. The Labute approximate surface area is 141 Å². The van der Waals surface area contributed by atoms with Crippen molar-refractivity contribution in [3.05, 3.63) is 66.2 Å². The van der Waals surface area contributed by atoms with E-state index in [4.69, 9.17) is 0 Å². The average Bonchev–Trinajstić information content (AvgIpc) is 3.06. The van der Waals surface area contributed by atoms with Gasteiger partial charge in [-0.05, 0) is 29.5 Å². The van der Waals surface area contributed by atoms with Gasteiger partial charge < -0.3 is 4.40 Å². The van der Waals surface area contributed by atoms with Gasteiger partial charge in [-0.25, -0.2) is 0 Å². The molecule has 0 unspecified atom stereocenters. The third-order valence-corrected chi connectivity index (χ3v) is 5.06. The predicted molar refractivity (Wildman–Crippen MR) is 104 cm³/mol. The monoisotopic (exact) mass is 311 g/mol. The van der Waals surface area contributed by atoms with Crippen molar-refractivity contribution in [2.24, 2.45) is 5.41 Å². The van der Waals surface area contributed by atoms with Crippen molar-refractivity contribution < 1.29 is 0 Å². The third-order valence-electron chi connectivity index (χ3n) is 5.06. The zero-order chi connectivity index (χ0) is 16.5. The minimum atomic E-state index is 0.276. The van der Waals surface area contributed by atoms with Crippen LogP contribution in [0, 0.1) is 5.41 Å². The molecule has 0 saturated heterocycles. The fourth-order valence-corrected chi connectivity index (χ4v) is 4.25. The highest BCUT2D eigenvalue weighted by molar-refractivity contribution is 6.24. The van der Waals surface area contributed by atoms with Gasteiger partial charge in [0.1, 0.15) is 0 Å². The smallest absolute Gasteiger partial charge is 0.0623 e. The molecule has 2 heterocycles. The molecule has 0 amide bonds. The number of fused-ring (bicyclic) bond motifs is 6. The second-order valence-electron chi connectivity index (χ2n) is 8.10. The number of aromatic nitrogens is 1. The zero-order valence-electron chi connectivity index (χ0n) is 14.4. The summed E-state index contributed by atoms with van der Waals surface area (Å²) in [5.41, 5.74) is 5.76. The van der Waals surface area contributed by atoms with E-state index in [1.165, 1.54) is 43.7 Å². The standard InChI is InChI=1S/C23H21N/c1-23(2,3)14-15-12-13-17-16-8-4-6-10-19(16)24-20-11-7-5-9-18(20)21(15)22(17)24/h4-13H,14H2,1-3H3. The quantitative estimate of drug-likeness (QED) is 0.336. The molecular formula is C23H21N. The number of para-hydroxylation sites is 2. The van der Waals surface area contributed by atoms with Crippen LogP contribution in [-0.4, -0.2) is 4.40 Å². The van der Waals surface area contributed by atoms with Crippen molar-refractivity contribution in [3.8, 4) is 0 Å². The molecule has 5 rings (SSSR count). The van der Waals surface area contributed by atoms with E-state index >= 15 is 0 Å². The topological polar surface area (TPSA) is 4.41 Å². The minimum Gasteiger partial charge on any atom is -0.308 e. The molecule has 2 aromatic heterocycles. The van der Waals surface area contributed by atoms with Crippen molar-refractivity contribution in [3.63, 3.8) is 0 Å². The summed E-state index contributed by atoms with van der Waals surface area (Å²) >= 11 is 0. The van der Waals surface area contributed by atoms with E-state index < -0.39 is 0 Å². The van der Waals surface area contributed by atoms with E-state index in [-0.39, 0.29) is 5.41 Å². The molecule has 1 nitrogen and oxygen atoms in total. The first-order chi connectivity index (χ1) is 11.5. The van der Waals surface area contributed by atoms with Gasteiger partial charge in [-0.3, -0.25) is 0 Å². The summed E-state index contributed by atoms with van der Waals surface area (Å²) in [5.74, 6) is 0. The summed E-state index contributed by atoms with van der Waals surface area (Å²) in [6.45, 7) is 6.96. The SMILES string of the molecule is CC(C)(C)Cc1ccc2c3ccccc3n3c4ccccc4c1c23. The van der Waals surface area contributed by atoms with Gasteiger partial charge in [-0.2, -0.15) is 0 Å². The largest absolute Gasteiger partial charge is 0.308 e. The normalized spacial score (nSPS) is 13.0. The van der Waals surface area contributed by atoms with E-state index in [9.17, 15) is 0 Å². The van der Waals surface area contributed by atoms with Gasteiger partial charge >= 0.3 is 0 Å². The van der Waals surface area contributed by atoms with Crippen LogP contribution in [-0.2, 0) is 6.42 Å². The van der Waals surface area contributed by atoms with Gasteiger partial charge in [0.05, 0.1) is 16.6 Å². The van der Waals surface area contributed by atoms with E-state index in [0.717, 1.165) is 6.42 Å². The fourth-order valence-electron chi connectivity index (χ4n) is 4.25. The number of nitrogens with zero attached hydrogens (tertiary/aromatic N) is 1. The molecule has 3 aromatic carbocycles. The van der Waals surface area contributed by atoms with Crippen LogP contribution in [0.1, 0.15) is 26.3 Å².